The molecule has 0 amide bonds. The molecule has 0 spiro atoms. The van der Waals surface area contributed by atoms with Crippen LogP contribution < -0.4 is 4.90 Å². The molecule has 0 aromatic carbocycles. The molecule has 1 radical (unpaired) electrons. The number of hydrogen-bond donors (Lipinski definition) is 1. The van der Waals surface area contributed by atoms with E-state index in [1.54, 1.807) is 0 Å². The summed E-state index contributed by atoms with van der Waals surface area (Å²) in [6.45, 7) is 8.78. The van der Waals surface area contributed by atoms with Crippen LogP contribution in [0.3, 0.4) is 0 Å². The summed E-state index contributed by atoms with van der Waals surface area (Å²) in [5, 5.41) is 0. The zero-order valence-corrected chi connectivity index (χ0v) is 8.26. The van der Waals surface area contributed by atoms with Gasteiger partial charge in [0.1, 0.15) is 0 Å². The standard InChI is InChI=1S/C10H17N2/c1-8(2)12(9(3)4)10-5-6-11-7-10/h5-6,8-9,11H,1-4H3. The van der Waals surface area contributed by atoms with E-state index in [2.05, 4.69) is 49.8 Å². The van der Waals surface area contributed by atoms with Crippen LogP contribution in [0.1, 0.15) is 27.7 Å². The lowest BCUT2D eigenvalue weighted by Crippen LogP contribution is -2.36. The molecule has 1 heterocycles. The van der Waals surface area contributed by atoms with E-state index < -0.39 is 0 Å². The molecular formula is C10H17N2. The van der Waals surface area contributed by atoms with E-state index in [1.807, 2.05) is 6.20 Å². The lowest BCUT2D eigenvalue weighted by molar-refractivity contribution is 0.608. The number of aromatic nitrogens is 1. The fourth-order valence-corrected chi connectivity index (χ4v) is 1.58. The van der Waals surface area contributed by atoms with E-state index in [4.69, 9.17) is 0 Å². The molecule has 1 aromatic rings. The summed E-state index contributed by atoms with van der Waals surface area (Å²) < 4.78 is 0. The molecule has 0 fully saturated rings. The Morgan fingerprint density at radius 1 is 1.25 bits per heavy atom. The van der Waals surface area contributed by atoms with Gasteiger partial charge < -0.3 is 9.88 Å². The molecule has 67 valence electrons. The minimum absolute atomic E-state index is 0.525. The maximum absolute atomic E-state index is 3.10. The molecule has 0 aliphatic heterocycles. The third-order valence-corrected chi connectivity index (χ3v) is 1.92. The van der Waals surface area contributed by atoms with Crippen LogP contribution >= 0.6 is 0 Å². The maximum atomic E-state index is 3.10. The van der Waals surface area contributed by atoms with Gasteiger partial charge in [-0.05, 0) is 33.8 Å². The van der Waals surface area contributed by atoms with Gasteiger partial charge in [-0.3, -0.25) is 0 Å². The number of hydrogen-bond acceptors (Lipinski definition) is 1. The molecule has 0 aliphatic carbocycles. The summed E-state index contributed by atoms with van der Waals surface area (Å²) >= 11 is 0. The van der Waals surface area contributed by atoms with Crippen molar-refractivity contribution in [2.45, 2.75) is 39.8 Å². The molecule has 1 rings (SSSR count). The highest BCUT2D eigenvalue weighted by Gasteiger charge is 2.13. The summed E-state index contributed by atoms with van der Waals surface area (Å²) in [5.74, 6) is 0. The zero-order valence-electron chi connectivity index (χ0n) is 8.26. The Morgan fingerprint density at radius 3 is 2.17 bits per heavy atom. The van der Waals surface area contributed by atoms with Crippen molar-refractivity contribution in [1.29, 1.82) is 0 Å². The highest BCUT2D eigenvalue weighted by Crippen LogP contribution is 2.17. The van der Waals surface area contributed by atoms with Gasteiger partial charge in [-0.25, -0.2) is 0 Å². The number of rotatable bonds is 3. The first kappa shape index (κ1) is 9.17. The summed E-state index contributed by atoms with van der Waals surface area (Å²) in [6, 6.07) is 3.11. The molecule has 0 aliphatic rings. The van der Waals surface area contributed by atoms with Gasteiger partial charge in [-0.1, -0.05) is 0 Å². The Hall–Kier alpha value is -0.920. The van der Waals surface area contributed by atoms with Crippen molar-refractivity contribution in [2.75, 3.05) is 4.90 Å². The molecular weight excluding hydrogens is 148 g/mol. The third-order valence-electron chi connectivity index (χ3n) is 1.92. The van der Waals surface area contributed by atoms with Gasteiger partial charge in [0.15, 0.2) is 0 Å². The van der Waals surface area contributed by atoms with Crippen LogP contribution in [0, 0.1) is 6.20 Å². The van der Waals surface area contributed by atoms with E-state index in [1.165, 1.54) is 0 Å². The maximum Gasteiger partial charge on any atom is 0.0878 e. The van der Waals surface area contributed by atoms with Crippen LogP contribution in [0.25, 0.3) is 0 Å². The molecule has 2 heteroatoms. The first-order chi connectivity index (χ1) is 5.63. The quantitative estimate of drug-likeness (QED) is 0.729. The summed E-state index contributed by atoms with van der Waals surface area (Å²) in [6.07, 6.45) is 5.01. The predicted octanol–water partition coefficient (Wildman–Crippen LogP) is 2.44. The fraction of sp³-hybridized carbons (Fsp3) is 0.600. The van der Waals surface area contributed by atoms with Crippen molar-refractivity contribution in [3.8, 4) is 0 Å². The normalized spacial score (nSPS) is 11.2. The average Bonchev–Trinajstić information content (AvgIpc) is 2.37. The summed E-state index contributed by atoms with van der Waals surface area (Å²) in [7, 11) is 0. The van der Waals surface area contributed by atoms with Gasteiger partial charge in [0.25, 0.3) is 0 Å². The zero-order chi connectivity index (χ0) is 9.14. The van der Waals surface area contributed by atoms with Crippen molar-refractivity contribution in [1.82, 2.24) is 4.98 Å². The Balaban J connectivity index is 2.81. The number of aromatic amines is 1. The fourth-order valence-electron chi connectivity index (χ4n) is 1.58. The topological polar surface area (TPSA) is 19.0 Å². The Morgan fingerprint density at radius 2 is 1.83 bits per heavy atom. The predicted molar refractivity (Wildman–Crippen MR) is 52.4 cm³/mol. The molecule has 2 nitrogen and oxygen atoms in total. The molecule has 1 N–H and O–H groups in total. The molecule has 0 bridgehead atoms. The molecule has 0 saturated carbocycles. The van der Waals surface area contributed by atoms with Crippen molar-refractivity contribution < 1.29 is 0 Å². The van der Waals surface area contributed by atoms with E-state index in [9.17, 15) is 0 Å². The minimum Gasteiger partial charge on any atom is -0.365 e. The van der Waals surface area contributed by atoms with E-state index >= 15 is 0 Å². The number of anilines is 1. The lowest BCUT2D eigenvalue weighted by Gasteiger charge is -2.31. The van der Waals surface area contributed by atoms with E-state index in [-0.39, 0.29) is 0 Å². The highest BCUT2D eigenvalue weighted by atomic mass is 15.2. The number of nitrogens with one attached hydrogen (secondary N) is 1. The molecule has 12 heavy (non-hydrogen) atoms. The molecule has 0 saturated heterocycles. The number of nitrogens with zero attached hydrogens (tertiary/aromatic N) is 1. The largest absolute Gasteiger partial charge is 0.365 e. The van der Waals surface area contributed by atoms with Gasteiger partial charge >= 0.3 is 0 Å². The Bertz CT molecular complexity index is 204. The van der Waals surface area contributed by atoms with Gasteiger partial charge in [-0.2, -0.15) is 0 Å². The summed E-state index contributed by atoms with van der Waals surface area (Å²) in [5.41, 5.74) is 1.15. The third kappa shape index (κ3) is 1.81. The lowest BCUT2D eigenvalue weighted by atomic mass is 10.2. The number of H-pyrrole nitrogens is 1. The second kappa shape index (κ2) is 3.65. The van der Waals surface area contributed by atoms with Crippen LogP contribution in [-0.2, 0) is 0 Å². The Labute approximate surface area is 74.6 Å². The molecule has 0 atom stereocenters. The van der Waals surface area contributed by atoms with Gasteiger partial charge in [-0.15, -0.1) is 0 Å². The second-order valence-electron chi connectivity index (χ2n) is 3.58. The van der Waals surface area contributed by atoms with Gasteiger partial charge in [0, 0.05) is 18.3 Å². The molecule has 0 unspecified atom stereocenters. The monoisotopic (exact) mass is 165 g/mol. The molecule has 1 aromatic heterocycles. The van der Waals surface area contributed by atoms with E-state index in [0.29, 0.717) is 12.1 Å². The summed E-state index contributed by atoms with van der Waals surface area (Å²) in [4.78, 5) is 5.28. The Kier molecular flexibility index (Phi) is 2.79. The highest BCUT2D eigenvalue weighted by molar-refractivity contribution is 5.44. The first-order valence-corrected chi connectivity index (χ1v) is 4.46. The van der Waals surface area contributed by atoms with Crippen LogP contribution in [0.5, 0.6) is 0 Å². The van der Waals surface area contributed by atoms with Crippen LogP contribution in [0.2, 0.25) is 0 Å². The van der Waals surface area contributed by atoms with E-state index in [0.717, 1.165) is 5.69 Å². The van der Waals surface area contributed by atoms with Crippen molar-refractivity contribution in [3.05, 3.63) is 18.5 Å². The van der Waals surface area contributed by atoms with Crippen molar-refractivity contribution in [2.24, 2.45) is 0 Å². The minimum atomic E-state index is 0.525. The van der Waals surface area contributed by atoms with Crippen molar-refractivity contribution >= 4 is 5.69 Å². The smallest absolute Gasteiger partial charge is 0.0878 e. The van der Waals surface area contributed by atoms with Crippen molar-refractivity contribution in [3.63, 3.8) is 0 Å². The second-order valence-corrected chi connectivity index (χ2v) is 3.58. The van der Waals surface area contributed by atoms with Crippen LogP contribution in [0.15, 0.2) is 12.3 Å². The van der Waals surface area contributed by atoms with Crippen LogP contribution in [-0.4, -0.2) is 17.1 Å². The van der Waals surface area contributed by atoms with Gasteiger partial charge in [0.2, 0.25) is 0 Å². The SMILES string of the molecule is CC(C)N(c1[c][nH]cc1)C(C)C. The van der Waals surface area contributed by atoms with Crippen LogP contribution in [0.4, 0.5) is 5.69 Å². The first-order valence-electron chi connectivity index (χ1n) is 4.46. The van der Waals surface area contributed by atoms with Gasteiger partial charge in [0.05, 0.1) is 11.9 Å². The average molecular weight is 165 g/mol.